The van der Waals surface area contributed by atoms with Gasteiger partial charge in [-0.05, 0) is 62.5 Å². The van der Waals surface area contributed by atoms with Crippen molar-refractivity contribution < 1.29 is 9.53 Å². The molecule has 2 aliphatic heterocycles. The van der Waals surface area contributed by atoms with Gasteiger partial charge in [-0.2, -0.15) is 0 Å². The maximum Gasteiger partial charge on any atom is 0.255 e. The second kappa shape index (κ2) is 12.1. The number of carbonyl (C=O) groups is 1. The SMILES string of the molecule is CCOc1ccccc1N1CCN(C(=O)c2cncc(CC3CCNC3)c2)CC1.Cl.Cl. The number of amides is 1. The lowest BCUT2D eigenvalue weighted by molar-refractivity contribution is 0.0746. The van der Waals surface area contributed by atoms with Gasteiger partial charge in [0.1, 0.15) is 5.75 Å². The van der Waals surface area contributed by atoms with Gasteiger partial charge in [-0.25, -0.2) is 0 Å². The monoisotopic (exact) mass is 466 g/mol. The Labute approximate surface area is 197 Å². The lowest BCUT2D eigenvalue weighted by atomic mass is 9.99. The molecule has 2 saturated heterocycles. The molecule has 2 fully saturated rings. The minimum atomic E-state index is 0. The zero-order chi connectivity index (χ0) is 20.1. The zero-order valence-corrected chi connectivity index (χ0v) is 19.6. The van der Waals surface area contributed by atoms with Crippen LogP contribution < -0.4 is 15.0 Å². The van der Waals surface area contributed by atoms with E-state index in [4.69, 9.17) is 4.74 Å². The number of carbonyl (C=O) groups excluding carboxylic acids is 1. The van der Waals surface area contributed by atoms with Crippen LogP contribution in [0.5, 0.6) is 5.75 Å². The van der Waals surface area contributed by atoms with Crippen molar-refractivity contribution in [3.8, 4) is 5.75 Å². The van der Waals surface area contributed by atoms with Crippen molar-refractivity contribution >= 4 is 36.4 Å². The highest BCUT2D eigenvalue weighted by atomic mass is 35.5. The summed E-state index contributed by atoms with van der Waals surface area (Å²) in [5, 5.41) is 3.40. The van der Waals surface area contributed by atoms with Crippen molar-refractivity contribution in [2.45, 2.75) is 19.8 Å². The number of para-hydroxylation sites is 2. The molecule has 2 aliphatic rings. The molecule has 1 amide bonds. The molecule has 0 radical (unpaired) electrons. The van der Waals surface area contributed by atoms with E-state index < -0.39 is 0 Å². The van der Waals surface area contributed by atoms with Gasteiger partial charge in [0.05, 0.1) is 17.9 Å². The molecule has 2 aromatic rings. The predicted molar refractivity (Wildman–Crippen MR) is 129 cm³/mol. The van der Waals surface area contributed by atoms with E-state index in [1.807, 2.05) is 42.3 Å². The summed E-state index contributed by atoms with van der Waals surface area (Å²) in [5.74, 6) is 1.64. The summed E-state index contributed by atoms with van der Waals surface area (Å²) < 4.78 is 5.77. The summed E-state index contributed by atoms with van der Waals surface area (Å²) in [5.41, 5.74) is 2.97. The fourth-order valence-corrected chi connectivity index (χ4v) is 4.27. The third kappa shape index (κ3) is 6.25. The van der Waals surface area contributed by atoms with Gasteiger partial charge < -0.3 is 19.9 Å². The van der Waals surface area contributed by atoms with Crippen LogP contribution in [0.25, 0.3) is 0 Å². The number of halogens is 2. The molecule has 31 heavy (non-hydrogen) atoms. The predicted octanol–water partition coefficient (Wildman–Crippen LogP) is 3.44. The van der Waals surface area contributed by atoms with E-state index in [-0.39, 0.29) is 30.7 Å². The number of benzene rings is 1. The number of hydrogen-bond donors (Lipinski definition) is 1. The quantitative estimate of drug-likeness (QED) is 0.706. The van der Waals surface area contributed by atoms with Crippen LogP contribution in [0.3, 0.4) is 0 Å². The van der Waals surface area contributed by atoms with Crippen LogP contribution in [0.15, 0.2) is 42.7 Å². The molecule has 1 N–H and O–H groups in total. The van der Waals surface area contributed by atoms with E-state index in [0.29, 0.717) is 31.2 Å². The van der Waals surface area contributed by atoms with Gasteiger partial charge in [0.25, 0.3) is 5.91 Å². The summed E-state index contributed by atoms with van der Waals surface area (Å²) in [7, 11) is 0. The Morgan fingerprint density at radius 1 is 1.16 bits per heavy atom. The molecule has 0 bridgehead atoms. The van der Waals surface area contributed by atoms with E-state index in [2.05, 4.69) is 21.3 Å². The first-order valence-corrected chi connectivity index (χ1v) is 10.7. The minimum absolute atomic E-state index is 0. The van der Waals surface area contributed by atoms with E-state index >= 15 is 0 Å². The highest BCUT2D eigenvalue weighted by Crippen LogP contribution is 2.29. The van der Waals surface area contributed by atoms with Crippen LogP contribution in [0, 0.1) is 5.92 Å². The van der Waals surface area contributed by atoms with E-state index in [1.165, 1.54) is 6.42 Å². The van der Waals surface area contributed by atoms with E-state index in [1.54, 1.807) is 6.20 Å². The molecule has 1 unspecified atom stereocenters. The van der Waals surface area contributed by atoms with Crippen LogP contribution in [-0.2, 0) is 6.42 Å². The molecule has 1 aromatic heterocycles. The Morgan fingerprint density at radius 3 is 2.65 bits per heavy atom. The van der Waals surface area contributed by atoms with E-state index in [0.717, 1.165) is 49.6 Å². The van der Waals surface area contributed by atoms with Crippen molar-refractivity contribution in [3.05, 3.63) is 53.9 Å². The summed E-state index contributed by atoms with van der Waals surface area (Å²) >= 11 is 0. The van der Waals surface area contributed by atoms with Gasteiger partial charge in [-0.15, -0.1) is 24.8 Å². The smallest absolute Gasteiger partial charge is 0.255 e. The Hall–Kier alpha value is -2.02. The molecular formula is C23H32Cl2N4O2. The first-order valence-electron chi connectivity index (χ1n) is 10.7. The number of anilines is 1. The standard InChI is InChI=1S/C23H30N4O2.2ClH/c1-2-29-22-6-4-3-5-21(22)26-9-11-27(12-10-26)23(28)20-14-19(16-25-17-20)13-18-7-8-24-15-18;;/h3-6,14,16-18,24H,2,7-13,15H2,1H3;2*1H. The Morgan fingerprint density at radius 2 is 1.94 bits per heavy atom. The number of rotatable bonds is 6. The average Bonchev–Trinajstić information content (AvgIpc) is 3.27. The minimum Gasteiger partial charge on any atom is -0.492 e. The maximum absolute atomic E-state index is 13.0. The molecule has 0 spiro atoms. The molecule has 0 aliphatic carbocycles. The Kier molecular flexibility index (Phi) is 9.88. The first kappa shape index (κ1) is 25.2. The number of hydrogen-bond acceptors (Lipinski definition) is 5. The first-order chi connectivity index (χ1) is 14.2. The Bertz CT molecular complexity index is 838. The Balaban J connectivity index is 0.00000171. The summed E-state index contributed by atoms with van der Waals surface area (Å²) in [6, 6.07) is 10.2. The maximum atomic E-state index is 13.0. The van der Waals surface area contributed by atoms with Gasteiger partial charge in [-0.3, -0.25) is 9.78 Å². The second-order valence-corrected chi connectivity index (χ2v) is 7.82. The van der Waals surface area contributed by atoms with Gasteiger partial charge in [0.2, 0.25) is 0 Å². The second-order valence-electron chi connectivity index (χ2n) is 7.82. The molecule has 170 valence electrons. The molecule has 4 rings (SSSR count). The largest absolute Gasteiger partial charge is 0.492 e. The van der Waals surface area contributed by atoms with Crippen LogP contribution in [0.1, 0.15) is 29.3 Å². The zero-order valence-electron chi connectivity index (χ0n) is 18.0. The van der Waals surface area contributed by atoms with Crippen molar-refractivity contribution in [3.63, 3.8) is 0 Å². The highest BCUT2D eigenvalue weighted by molar-refractivity contribution is 5.94. The number of nitrogens with one attached hydrogen (secondary N) is 1. The number of pyridine rings is 1. The van der Waals surface area contributed by atoms with Crippen molar-refractivity contribution in [2.75, 3.05) is 50.8 Å². The van der Waals surface area contributed by atoms with Crippen molar-refractivity contribution in [2.24, 2.45) is 5.92 Å². The van der Waals surface area contributed by atoms with E-state index in [9.17, 15) is 4.79 Å². The molecular weight excluding hydrogens is 435 g/mol. The van der Waals surface area contributed by atoms with Crippen molar-refractivity contribution in [1.82, 2.24) is 15.2 Å². The molecule has 1 atom stereocenters. The third-order valence-electron chi connectivity index (χ3n) is 5.80. The molecule has 8 heteroatoms. The summed E-state index contributed by atoms with van der Waals surface area (Å²) in [6.07, 6.45) is 5.79. The van der Waals surface area contributed by atoms with Crippen molar-refractivity contribution in [1.29, 1.82) is 0 Å². The normalized spacial score (nSPS) is 18.2. The van der Waals surface area contributed by atoms with Gasteiger partial charge in [0.15, 0.2) is 0 Å². The topological polar surface area (TPSA) is 57.7 Å². The molecule has 0 saturated carbocycles. The van der Waals surface area contributed by atoms with Gasteiger partial charge in [0, 0.05) is 38.6 Å². The lowest BCUT2D eigenvalue weighted by Gasteiger charge is -2.36. The van der Waals surface area contributed by atoms with Gasteiger partial charge >= 0.3 is 0 Å². The summed E-state index contributed by atoms with van der Waals surface area (Å²) in [4.78, 5) is 21.6. The number of piperazine rings is 1. The lowest BCUT2D eigenvalue weighted by Crippen LogP contribution is -2.49. The number of ether oxygens (including phenoxy) is 1. The summed E-state index contributed by atoms with van der Waals surface area (Å²) in [6.45, 7) is 7.81. The third-order valence-corrected chi connectivity index (χ3v) is 5.80. The average molecular weight is 467 g/mol. The molecule has 3 heterocycles. The number of nitrogens with zero attached hydrogens (tertiary/aromatic N) is 3. The highest BCUT2D eigenvalue weighted by Gasteiger charge is 2.24. The number of aromatic nitrogens is 1. The van der Waals surface area contributed by atoms with Crippen LogP contribution >= 0.6 is 24.8 Å². The fourth-order valence-electron chi connectivity index (χ4n) is 4.27. The van der Waals surface area contributed by atoms with Crippen LogP contribution in [-0.4, -0.2) is 61.7 Å². The van der Waals surface area contributed by atoms with Crippen LogP contribution in [0.4, 0.5) is 5.69 Å². The molecule has 6 nitrogen and oxygen atoms in total. The fraction of sp³-hybridized carbons (Fsp3) is 0.478. The van der Waals surface area contributed by atoms with Crippen LogP contribution in [0.2, 0.25) is 0 Å². The molecule has 1 aromatic carbocycles. The van der Waals surface area contributed by atoms with Gasteiger partial charge in [-0.1, -0.05) is 12.1 Å².